The third kappa shape index (κ3) is 3.10. The maximum atomic E-state index is 10.2. The van der Waals surface area contributed by atoms with Crippen molar-refractivity contribution in [3.63, 3.8) is 0 Å². The summed E-state index contributed by atoms with van der Waals surface area (Å²) in [6.45, 7) is 8.87. The number of phenolic OH excluding ortho intramolecular Hbond substituents is 2. The highest BCUT2D eigenvalue weighted by Crippen LogP contribution is 2.37. The minimum absolute atomic E-state index is 0.00379. The summed E-state index contributed by atoms with van der Waals surface area (Å²) in [5, 5.41) is 27.1. The van der Waals surface area contributed by atoms with Crippen LogP contribution in [-0.2, 0) is 6.54 Å². The lowest BCUT2D eigenvalue weighted by Crippen LogP contribution is -2.06. The maximum absolute atomic E-state index is 10.2. The molecule has 0 aliphatic rings. The second kappa shape index (κ2) is 5.89. The highest BCUT2D eigenvalue weighted by Gasteiger charge is 2.18. The van der Waals surface area contributed by atoms with Gasteiger partial charge in [0.05, 0.1) is 5.56 Å². The zero-order valence-electron chi connectivity index (χ0n) is 12.7. The molecule has 1 aromatic heterocycles. The Bertz CT molecular complexity index is 701. The van der Waals surface area contributed by atoms with Crippen molar-refractivity contribution in [2.75, 3.05) is 0 Å². The summed E-state index contributed by atoms with van der Waals surface area (Å²) in [4.78, 5) is 0. The summed E-state index contributed by atoms with van der Waals surface area (Å²) in [6, 6.07) is 3.14. The summed E-state index contributed by atoms with van der Waals surface area (Å²) >= 11 is 5.26. The Labute approximate surface area is 129 Å². The van der Waals surface area contributed by atoms with Crippen molar-refractivity contribution in [3.05, 3.63) is 22.5 Å². The van der Waals surface area contributed by atoms with E-state index in [1.807, 2.05) is 18.4 Å². The second-order valence-corrected chi connectivity index (χ2v) is 6.33. The number of aromatic hydroxyl groups is 2. The van der Waals surface area contributed by atoms with E-state index in [4.69, 9.17) is 12.2 Å². The van der Waals surface area contributed by atoms with Crippen LogP contribution < -0.4 is 0 Å². The van der Waals surface area contributed by atoms with Gasteiger partial charge in [-0.3, -0.25) is 9.67 Å². The summed E-state index contributed by atoms with van der Waals surface area (Å²) in [6.07, 6.45) is 0. The maximum Gasteiger partial charge on any atom is 0.195 e. The van der Waals surface area contributed by atoms with E-state index in [2.05, 4.69) is 24.0 Å². The van der Waals surface area contributed by atoms with Gasteiger partial charge in [-0.05, 0) is 35.7 Å². The van der Waals surface area contributed by atoms with Crippen molar-refractivity contribution in [2.45, 2.75) is 40.2 Å². The van der Waals surface area contributed by atoms with Gasteiger partial charge in [-0.15, -0.1) is 0 Å². The number of aromatic amines is 1. The summed E-state index contributed by atoms with van der Waals surface area (Å²) in [5.41, 5.74) is 1.34. The summed E-state index contributed by atoms with van der Waals surface area (Å²) < 4.78 is 2.40. The van der Waals surface area contributed by atoms with Gasteiger partial charge in [0.25, 0.3) is 0 Å². The van der Waals surface area contributed by atoms with Crippen molar-refractivity contribution in [3.8, 4) is 22.9 Å². The molecule has 2 aromatic rings. The minimum atomic E-state index is -0.00379. The van der Waals surface area contributed by atoms with Crippen LogP contribution in [0.15, 0.2) is 12.1 Å². The molecule has 0 unspecified atom stereocenters. The van der Waals surface area contributed by atoms with Gasteiger partial charge in [-0.25, -0.2) is 0 Å². The third-order valence-electron chi connectivity index (χ3n) is 3.31. The van der Waals surface area contributed by atoms with Crippen LogP contribution in [0.3, 0.4) is 0 Å². The molecule has 6 heteroatoms. The molecule has 0 spiro atoms. The first-order valence-electron chi connectivity index (χ1n) is 7.02. The minimum Gasteiger partial charge on any atom is -0.508 e. The van der Waals surface area contributed by atoms with Crippen molar-refractivity contribution in [1.82, 2.24) is 14.8 Å². The van der Waals surface area contributed by atoms with E-state index in [-0.39, 0.29) is 17.4 Å². The molecule has 0 amide bonds. The van der Waals surface area contributed by atoms with E-state index in [0.717, 1.165) is 5.56 Å². The highest BCUT2D eigenvalue weighted by atomic mass is 32.1. The van der Waals surface area contributed by atoms with Gasteiger partial charge in [0.2, 0.25) is 0 Å². The standard InChI is InChI=1S/C15H21N3O2S/c1-8(2)7-18-14(16-17-15(18)21)11-5-10(9(3)4)12(19)6-13(11)20/h5-6,8-9,19-20H,7H2,1-4H3,(H,17,21). The van der Waals surface area contributed by atoms with Crippen LogP contribution in [0, 0.1) is 10.7 Å². The Morgan fingerprint density at radius 3 is 2.43 bits per heavy atom. The fourth-order valence-electron chi connectivity index (χ4n) is 2.29. The summed E-state index contributed by atoms with van der Waals surface area (Å²) in [5.74, 6) is 1.22. The molecule has 0 aliphatic heterocycles. The van der Waals surface area contributed by atoms with Crippen molar-refractivity contribution >= 4 is 12.2 Å². The SMILES string of the molecule is CC(C)Cn1c(-c2cc(C(C)C)c(O)cc2O)n[nH]c1=S. The van der Waals surface area contributed by atoms with Crippen LogP contribution in [0.5, 0.6) is 11.5 Å². The predicted molar refractivity (Wildman–Crippen MR) is 85.1 cm³/mol. The molecule has 21 heavy (non-hydrogen) atoms. The number of benzene rings is 1. The fraction of sp³-hybridized carbons (Fsp3) is 0.467. The normalized spacial score (nSPS) is 11.5. The molecule has 0 fully saturated rings. The number of aromatic nitrogens is 3. The monoisotopic (exact) mass is 307 g/mol. The van der Waals surface area contributed by atoms with Gasteiger partial charge < -0.3 is 10.2 Å². The number of hydrogen-bond donors (Lipinski definition) is 3. The smallest absolute Gasteiger partial charge is 0.195 e. The summed E-state index contributed by atoms with van der Waals surface area (Å²) in [7, 11) is 0. The van der Waals surface area contributed by atoms with E-state index in [1.54, 1.807) is 6.07 Å². The molecule has 0 saturated heterocycles. The Hall–Kier alpha value is -1.82. The van der Waals surface area contributed by atoms with E-state index in [1.165, 1.54) is 6.07 Å². The van der Waals surface area contributed by atoms with E-state index >= 15 is 0 Å². The molecule has 0 aliphatic carbocycles. The molecular formula is C15H21N3O2S. The Morgan fingerprint density at radius 1 is 1.19 bits per heavy atom. The van der Waals surface area contributed by atoms with Crippen LogP contribution in [-0.4, -0.2) is 25.0 Å². The van der Waals surface area contributed by atoms with Crippen LogP contribution >= 0.6 is 12.2 Å². The number of hydrogen-bond acceptors (Lipinski definition) is 4. The molecule has 5 nitrogen and oxygen atoms in total. The molecule has 1 heterocycles. The van der Waals surface area contributed by atoms with Gasteiger partial charge in [0, 0.05) is 12.6 Å². The average molecular weight is 307 g/mol. The lowest BCUT2D eigenvalue weighted by Gasteiger charge is -2.14. The average Bonchev–Trinajstić information content (AvgIpc) is 2.70. The molecular weight excluding hydrogens is 286 g/mol. The second-order valence-electron chi connectivity index (χ2n) is 5.94. The topological polar surface area (TPSA) is 74.1 Å². The van der Waals surface area contributed by atoms with Gasteiger partial charge in [0.1, 0.15) is 11.5 Å². The van der Waals surface area contributed by atoms with Crippen molar-refractivity contribution in [1.29, 1.82) is 0 Å². The Kier molecular flexibility index (Phi) is 4.37. The molecule has 0 saturated carbocycles. The first-order valence-corrected chi connectivity index (χ1v) is 7.43. The van der Waals surface area contributed by atoms with Crippen LogP contribution in [0.25, 0.3) is 11.4 Å². The van der Waals surface area contributed by atoms with Gasteiger partial charge >= 0.3 is 0 Å². The zero-order valence-corrected chi connectivity index (χ0v) is 13.5. The number of phenols is 2. The number of nitrogens with zero attached hydrogens (tertiary/aromatic N) is 2. The van der Waals surface area contributed by atoms with E-state index in [9.17, 15) is 10.2 Å². The van der Waals surface area contributed by atoms with Crippen LogP contribution in [0.1, 0.15) is 39.2 Å². The zero-order chi connectivity index (χ0) is 15.7. The molecule has 2 rings (SSSR count). The number of H-pyrrole nitrogens is 1. The number of rotatable bonds is 4. The lowest BCUT2D eigenvalue weighted by molar-refractivity contribution is 0.444. The van der Waals surface area contributed by atoms with E-state index < -0.39 is 0 Å². The Balaban J connectivity index is 2.62. The molecule has 0 radical (unpaired) electrons. The number of nitrogens with one attached hydrogen (secondary N) is 1. The van der Waals surface area contributed by atoms with Gasteiger partial charge in [-0.2, -0.15) is 5.10 Å². The first kappa shape index (κ1) is 15.6. The van der Waals surface area contributed by atoms with E-state index in [0.29, 0.717) is 28.6 Å². The quantitative estimate of drug-likeness (QED) is 0.751. The van der Waals surface area contributed by atoms with Gasteiger partial charge in [0.15, 0.2) is 10.6 Å². The molecule has 114 valence electrons. The fourth-order valence-corrected chi connectivity index (χ4v) is 2.50. The lowest BCUT2D eigenvalue weighted by atomic mass is 9.98. The highest BCUT2D eigenvalue weighted by molar-refractivity contribution is 7.71. The van der Waals surface area contributed by atoms with Crippen molar-refractivity contribution < 1.29 is 10.2 Å². The first-order chi connectivity index (χ1) is 9.81. The largest absolute Gasteiger partial charge is 0.508 e. The molecule has 0 bridgehead atoms. The molecule has 0 atom stereocenters. The molecule has 1 aromatic carbocycles. The Morgan fingerprint density at radius 2 is 1.86 bits per heavy atom. The third-order valence-corrected chi connectivity index (χ3v) is 3.63. The van der Waals surface area contributed by atoms with Crippen molar-refractivity contribution in [2.24, 2.45) is 5.92 Å². The van der Waals surface area contributed by atoms with Gasteiger partial charge in [-0.1, -0.05) is 27.7 Å². The molecule has 3 N–H and O–H groups in total. The predicted octanol–water partition coefficient (Wildman–Crippen LogP) is 3.80. The van der Waals surface area contributed by atoms with Crippen LogP contribution in [0.2, 0.25) is 0 Å². The van der Waals surface area contributed by atoms with Crippen LogP contribution in [0.4, 0.5) is 0 Å².